The van der Waals surface area contributed by atoms with Crippen LogP contribution in [-0.2, 0) is 4.79 Å². The van der Waals surface area contributed by atoms with Crippen LogP contribution in [0.4, 0.5) is 0 Å². The molecule has 0 saturated carbocycles. The van der Waals surface area contributed by atoms with Crippen LogP contribution in [0.5, 0.6) is 0 Å². The Hall–Kier alpha value is -2.38. The molecule has 1 amide bonds. The quantitative estimate of drug-likeness (QED) is 0.735. The average molecular weight is 359 g/mol. The lowest BCUT2D eigenvalue weighted by Gasteiger charge is -2.24. The molecule has 0 aliphatic rings. The molecule has 0 aliphatic heterocycles. The van der Waals surface area contributed by atoms with E-state index in [-0.39, 0.29) is 11.9 Å². The van der Waals surface area contributed by atoms with Crippen molar-refractivity contribution < 1.29 is 9.21 Å². The van der Waals surface area contributed by atoms with Crippen LogP contribution >= 0.6 is 11.3 Å². The second kappa shape index (κ2) is 7.25. The van der Waals surface area contributed by atoms with E-state index in [0.29, 0.717) is 17.6 Å². The molecular formula is C18H21N3O3S. The van der Waals surface area contributed by atoms with Gasteiger partial charge in [0.25, 0.3) is 0 Å². The van der Waals surface area contributed by atoms with Crippen LogP contribution in [0.3, 0.4) is 0 Å². The van der Waals surface area contributed by atoms with E-state index in [1.807, 2.05) is 31.6 Å². The number of oxazole rings is 1. The normalized spacial score (nSPS) is 13.9. The van der Waals surface area contributed by atoms with E-state index in [9.17, 15) is 9.59 Å². The van der Waals surface area contributed by atoms with Gasteiger partial charge in [0.1, 0.15) is 6.04 Å². The molecule has 1 aromatic carbocycles. The van der Waals surface area contributed by atoms with Crippen LogP contribution in [0.25, 0.3) is 11.1 Å². The summed E-state index contributed by atoms with van der Waals surface area (Å²) < 4.78 is 6.60. The van der Waals surface area contributed by atoms with E-state index in [4.69, 9.17) is 4.42 Å². The number of hydrogen-bond acceptors (Lipinski definition) is 5. The van der Waals surface area contributed by atoms with Crippen molar-refractivity contribution in [1.29, 1.82) is 0 Å². The van der Waals surface area contributed by atoms with Gasteiger partial charge in [-0.1, -0.05) is 18.2 Å². The number of nitrogens with zero attached hydrogens (tertiary/aromatic N) is 2. The van der Waals surface area contributed by atoms with Gasteiger partial charge in [0.15, 0.2) is 5.58 Å². The SMILES string of the molecule is CC(C(=O)NCC(c1cccs1)N(C)C)n1c(=O)oc2ccccc21. The molecule has 0 saturated heterocycles. The number of carbonyl (C=O) groups is 1. The molecule has 6 nitrogen and oxygen atoms in total. The highest BCUT2D eigenvalue weighted by Crippen LogP contribution is 2.23. The Bertz CT molecular complexity index is 911. The van der Waals surface area contributed by atoms with E-state index in [2.05, 4.69) is 16.3 Å². The Morgan fingerprint density at radius 1 is 1.28 bits per heavy atom. The second-order valence-electron chi connectivity index (χ2n) is 6.12. The molecule has 2 heterocycles. The van der Waals surface area contributed by atoms with Gasteiger partial charge < -0.3 is 14.6 Å². The smallest absolute Gasteiger partial charge is 0.408 e. The molecule has 7 heteroatoms. The molecule has 3 rings (SSSR count). The Labute approximate surface area is 149 Å². The fraction of sp³-hybridized carbons (Fsp3) is 0.333. The van der Waals surface area contributed by atoms with Crippen molar-refractivity contribution in [2.24, 2.45) is 0 Å². The molecule has 2 atom stereocenters. The van der Waals surface area contributed by atoms with E-state index in [0.717, 1.165) is 0 Å². The fourth-order valence-electron chi connectivity index (χ4n) is 2.83. The molecule has 2 aromatic heterocycles. The first-order valence-electron chi connectivity index (χ1n) is 8.06. The number of carbonyl (C=O) groups excluding carboxylic acids is 1. The topological polar surface area (TPSA) is 67.5 Å². The lowest BCUT2D eigenvalue weighted by atomic mass is 10.2. The first kappa shape index (κ1) is 17.4. The van der Waals surface area contributed by atoms with Gasteiger partial charge >= 0.3 is 5.76 Å². The largest absolute Gasteiger partial charge is 0.420 e. The Balaban J connectivity index is 1.76. The molecular weight excluding hydrogens is 338 g/mol. The third-order valence-electron chi connectivity index (χ3n) is 4.25. The zero-order valence-electron chi connectivity index (χ0n) is 14.4. The van der Waals surface area contributed by atoms with Gasteiger partial charge in [-0.25, -0.2) is 4.79 Å². The van der Waals surface area contributed by atoms with E-state index in [1.54, 1.807) is 36.5 Å². The summed E-state index contributed by atoms with van der Waals surface area (Å²) in [5, 5.41) is 4.98. The van der Waals surface area contributed by atoms with Gasteiger partial charge in [-0.3, -0.25) is 9.36 Å². The first-order chi connectivity index (χ1) is 12.0. The van der Waals surface area contributed by atoms with Crippen molar-refractivity contribution in [2.45, 2.75) is 19.0 Å². The van der Waals surface area contributed by atoms with Crippen molar-refractivity contribution in [1.82, 2.24) is 14.8 Å². The molecule has 0 spiro atoms. The van der Waals surface area contributed by atoms with E-state index in [1.165, 1.54) is 9.44 Å². The number of likely N-dealkylation sites (N-methyl/N-ethyl adjacent to an activating group) is 1. The minimum Gasteiger partial charge on any atom is -0.408 e. The Morgan fingerprint density at radius 3 is 2.72 bits per heavy atom. The number of thiophene rings is 1. The summed E-state index contributed by atoms with van der Waals surface area (Å²) in [6.45, 7) is 2.18. The number of rotatable bonds is 6. The summed E-state index contributed by atoms with van der Waals surface area (Å²) in [6, 6.07) is 10.6. The third kappa shape index (κ3) is 3.52. The van der Waals surface area contributed by atoms with Crippen molar-refractivity contribution >= 4 is 28.3 Å². The predicted octanol–water partition coefficient (Wildman–Crippen LogP) is 2.64. The van der Waals surface area contributed by atoms with Crippen molar-refractivity contribution in [3.63, 3.8) is 0 Å². The lowest BCUT2D eigenvalue weighted by Crippen LogP contribution is -2.39. The zero-order valence-corrected chi connectivity index (χ0v) is 15.2. The van der Waals surface area contributed by atoms with Crippen LogP contribution in [0.1, 0.15) is 23.9 Å². The molecule has 0 radical (unpaired) electrons. The van der Waals surface area contributed by atoms with Crippen LogP contribution in [0, 0.1) is 0 Å². The number of benzene rings is 1. The van der Waals surface area contributed by atoms with Crippen molar-refractivity contribution in [2.75, 3.05) is 20.6 Å². The number of aromatic nitrogens is 1. The maximum absolute atomic E-state index is 12.6. The summed E-state index contributed by atoms with van der Waals surface area (Å²) >= 11 is 1.66. The molecule has 25 heavy (non-hydrogen) atoms. The molecule has 1 N–H and O–H groups in total. The maximum atomic E-state index is 12.6. The number of fused-ring (bicyclic) bond motifs is 1. The summed E-state index contributed by atoms with van der Waals surface area (Å²) in [5.41, 5.74) is 1.11. The zero-order chi connectivity index (χ0) is 18.0. The highest BCUT2D eigenvalue weighted by Gasteiger charge is 2.23. The van der Waals surface area contributed by atoms with Gasteiger partial charge in [-0.05, 0) is 44.6 Å². The van der Waals surface area contributed by atoms with E-state index >= 15 is 0 Å². The predicted molar refractivity (Wildman–Crippen MR) is 98.9 cm³/mol. The second-order valence-corrected chi connectivity index (χ2v) is 7.10. The maximum Gasteiger partial charge on any atom is 0.420 e. The molecule has 0 aliphatic carbocycles. The molecule has 0 fully saturated rings. The summed E-state index contributed by atoms with van der Waals surface area (Å²) in [4.78, 5) is 28.0. The van der Waals surface area contributed by atoms with E-state index < -0.39 is 11.8 Å². The number of para-hydroxylation sites is 2. The Morgan fingerprint density at radius 2 is 2.04 bits per heavy atom. The minimum absolute atomic E-state index is 0.0916. The van der Waals surface area contributed by atoms with Gasteiger partial charge in [-0.2, -0.15) is 0 Å². The highest BCUT2D eigenvalue weighted by molar-refractivity contribution is 7.10. The van der Waals surface area contributed by atoms with Gasteiger partial charge in [0.2, 0.25) is 5.91 Å². The third-order valence-corrected chi connectivity index (χ3v) is 5.22. The summed E-state index contributed by atoms with van der Waals surface area (Å²) in [7, 11) is 3.96. The molecule has 2 unspecified atom stereocenters. The summed E-state index contributed by atoms with van der Waals surface area (Å²) in [6.07, 6.45) is 0. The van der Waals surface area contributed by atoms with Gasteiger partial charge in [0.05, 0.1) is 11.6 Å². The number of amides is 1. The fourth-order valence-corrected chi connectivity index (χ4v) is 3.75. The average Bonchev–Trinajstić information content (AvgIpc) is 3.20. The number of nitrogens with one attached hydrogen (secondary N) is 1. The van der Waals surface area contributed by atoms with Gasteiger partial charge in [0, 0.05) is 11.4 Å². The summed E-state index contributed by atoms with van der Waals surface area (Å²) in [5.74, 6) is -0.733. The Kier molecular flexibility index (Phi) is 5.06. The van der Waals surface area contributed by atoms with Crippen molar-refractivity contribution in [3.05, 3.63) is 57.2 Å². The van der Waals surface area contributed by atoms with Crippen LogP contribution < -0.4 is 11.1 Å². The van der Waals surface area contributed by atoms with Crippen LogP contribution in [-0.4, -0.2) is 36.0 Å². The van der Waals surface area contributed by atoms with Gasteiger partial charge in [-0.15, -0.1) is 11.3 Å². The highest BCUT2D eigenvalue weighted by atomic mass is 32.1. The molecule has 0 bridgehead atoms. The standard InChI is InChI=1S/C18H21N3O3S/c1-12(21-13-7-4-5-8-15(13)24-18(21)23)17(22)19-11-14(20(2)3)16-9-6-10-25-16/h4-10,12,14H,11H2,1-3H3,(H,19,22). The first-order valence-corrected chi connectivity index (χ1v) is 8.94. The number of hydrogen-bond donors (Lipinski definition) is 1. The van der Waals surface area contributed by atoms with Crippen LogP contribution in [0.2, 0.25) is 0 Å². The molecule has 3 aromatic rings. The molecule has 132 valence electrons. The van der Waals surface area contributed by atoms with Crippen LogP contribution in [0.15, 0.2) is 51.0 Å². The van der Waals surface area contributed by atoms with Crippen molar-refractivity contribution in [3.8, 4) is 0 Å². The minimum atomic E-state index is -0.651. The lowest BCUT2D eigenvalue weighted by molar-refractivity contribution is -0.124. The monoisotopic (exact) mass is 359 g/mol.